The predicted octanol–water partition coefficient (Wildman–Crippen LogP) is 3.71. The largest absolute Gasteiger partial charge is 0.354 e. The fourth-order valence-electron chi connectivity index (χ4n) is 2.33. The Balaban J connectivity index is 1.59. The third-order valence-electron chi connectivity index (χ3n) is 3.49. The normalized spacial score (nSPS) is 10.8. The highest BCUT2D eigenvalue weighted by molar-refractivity contribution is 7.13. The van der Waals surface area contributed by atoms with Crippen molar-refractivity contribution in [2.45, 2.75) is 6.42 Å². The fourth-order valence-corrected chi connectivity index (χ4v) is 3.63. The first-order chi connectivity index (χ1) is 11.9. The van der Waals surface area contributed by atoms with Crippen molar-refractivity contribution in [3.63, 3.8) is 0 Å². The molecule has 0 radical (unpaired) electrons. The molecule has 0 fully saturated rings. The van der Waals surface area contributed by atoms with E-state index in [2.05, 4.69) is 42.1 Å². The summed E-state index contributed by atoms with van der Waals surface area (Å²) in [4.78, 5) is 20.7. The molecule has 0 unspecified atom stereocenters. The minimum absolute atomic E-state index is 0.610. The number of anilines is 1. The van der Waals surface area contributed by atoms with Crippen LogP contribution in [0.3, 0.4) is 0 Å². The summed E-state index contributed by atoms with van der Waals surface area (Å²) in [7, 11) is 0. The van der Waals surface area contributed by atoms with E-state index in [1.807, 2.05) is 17.8 Å². The SMILES string of the molecule is c1csc(-c2nc(NCCc3cnc[nH]3)ncc2-c2ccsc2)n1. The molecule has 8 heteroatoms. The van der Waals surface area contributed by atoms with Gasteiger partial charge in [-0.3, -0.25) is 0 Å². The maximum Gasteiger partial charge on any atom is 0.223 e. The maximum atomic E-state index is 4.69. The van der Waals surface area contributed by atoms with E-state index >= 15 is 0 Å². The first-order valence-corrected chi connectivity index (χ1v) is 9.23. The van der Waals surface area contributed by atoms with Gasteiger partial charge in [0, 0.05) is 48.2 Å². The van der Waals surface area contributed by atoms with Crippen LogP contribution in [-0.4, -0.2) is 31.5 Å². The van der Waals surface area contributed by atoms with E-state index in [-0.39, 0.29) is 0 Å². The molecule has 0 saturated heterocycles. The molecule has 0 saturated carbocycles. The summed E-state index contributed by atoms with van der Waals surface area (Å²) in [5.41, 5.74) is 4.07. The molecule has 0 atom stereocenters. The van der Waals surface area contributed by atoms with Gasteiger partial charge in [-0.2, -0.15) is 11.3 Å². The molecule has 24 heavy (non-hydrogen) atoms. The molecule has 4 aromatic rings. The lowest BCUT2D eigenvalue weighted by Gasteiger charge is -2.09. The highest BCUT2D eigenvalue weighted by Gasteiger charge is 2.14. The van der Waals surface area contributed by atoms with Gasteiger partial charge < -0.3 is 10.3 Å². The average molecular weight is 354 g/mol. The average Bonchev–Trinajstić information content (AvgIpc) is 3.36. The summed E-state index contributed by atoms with van der Waals surface area (Å²) in [5.74, 6) is 0.610. The number of nitrogens with zero attached hydrogens (tertiary/aromatic N) is 4. The predicted molar refractivity (Wildman–Crippen MR) is 97.2 cm³/mol. The van der Waals surface area contributed by atoms with E-state index in [0.29, 0.717) is 5.95 Å². The number of hydrogen-bond acceptors (Lipinski definition) is 7. The third-order valence-corrected chi connectivity index (χ3v) is 4.95. The lowest BCUT2D eigenvalue weighted by molar-refractivity contribution is 0.954. The molecule has 120 valence electrons. The second-order valence-corrected chi connectivity index (χ2v) is 6.73. The van der Waals surface area contributed by atoms with Gasteiger partial charge in [0.1, 0.15) is 10.7 Å². The van der Waals surface area contributed by atoms with E-state index in [1.165, 1.54) is 0 Å². The summed E-state index contributed by atoms with van der Waals surface area (Å²) < 4.78 is 0. The van der Waals surface area contributed by atoms with Gasteiger partial charge in [-0.1, -0.05) is 0 Å². The highest BCUT2D eigenvalue weighted by atomic mass is 32.1. The Morgan fingerprint density at radius 3 is 2.92 bits per heavy atom. The molecule has 0 spiro atoms. The first kappa shape index (κ1) is 15.0. The molecular formula is C16H14N6S2. The van der Waals surface area contributed by atoms with Gasteiger partial charge >= 0.3 is 0 Å². The number of imidazole rings is 1. The standard InChI is InChI=1S/C16H14N6S2/c1(12-7-17-10-21-12)3-19-16-20-8-13(11-2-5-23-9-11)14(22-16)15-18-4-6-24-15/h2,4-10H,1,3H2,(H,17,21)(H,19,20,22). The minimum Gasteiger partial charge on any atom is -0.354 e. The lowest BCUT2D eigenvalue weighted by Crippen LogP contribution is -2.09. The lowest BCUT2D eigenvalue weighted by atomic mass is 10.1. The van der Waals surface area contributed by atoms with Crippen LogP contribution in [0, 0.1) is 0 Å². The Bertz CT molecular complexity index is 885. The smallest absolute Gasteiger partial charge is 0.223 e. The van der Waals surface area contributed by atoms with Gasteiger partial charge in [0.15, 0.2) is 0 Å². The van der Waals surface area contributed by atoms with E-state index in [9.17, 15) is 0 Å². The van der Waals surface area contributed by atoms with E-state index in [1.54, 1.807) is 35.2 Å². The van der Waals surface area contributed by atoms with Crippen molar-refractivity contribution in [3.8, 4) is 21.8 Å². The van der Waals surface area contributed by atoms with Crippen molar-refractivity contribution in [1.82, 2.24) is 24.9 Å². The van der Waals surface area contributed by atoms with Crippen molar-refractivity contribution < 1.29 is 0 Å². The number of nitrogens with one attached hydrogen (secondary N) is 2. The quantitative estimate of drug-likeness (QED) is 0.552. The first-order valence-electron chi connectivity index (χ1n) is 7.41. The summed E-state index contributed by atoms with van der Waals surface area (Å²) >= 11 is 3.24. The van der Waals surface area contributed by atoms with E-state index in [4.69, 9.17) is 4.98 Å². The number of aromatic amines is 1. The summed E-state index contributed by atoms with van der Waals surface area (Å²) in [6.45, 7) is 0.733. The maximum absolute atomic E-state index is 4.69. The van der Waals surface area contributed by atoms with Gasteiger partial charge in [0.25, 0.3) is 0 Å². The molecule has 0 bridgehead atoms. The van der Waals surface area contributed by atoms with Crippen LogP contribution < -0.4 is 5.32 Å². The molecule has 0 aliphatic carbocycles. The molecule has 6 nitrogen and oxygen atoms in total. The van der Waals surface area contributed by atoms with Gasteiger partial charge in [-0.05, 0) is 22.4 Å². The summed E-state index contributed by atoms with van der Waals surface area (Å²) in [5, 5.41) is 10.3. The zero-order valence-electron chi connectivity index (χ0n) is 12.6. The van der Waals surface area contributed by atoms with Crippen LogP contribution in [0.2, 0.25) is 0 Å². The Hall–Kier alpha value is -2.58. The monoisotopic (exact) mass is 354 g/mol. The van der Waals surface area contributed by atoms with Crippen LogP contribution in [0.25, 0.3) is 21.8 Å². The molecule has 4 rings (SSSR count). The van der Waals surface area contributed by atoms with Crippen LogP contribution in [0.5, 0.6) is 0 Å². The van der Waals surface area contributed by atoms with Gasteiger partial charge in [-0.15, -0.1) is 11.3 Å². The molecule has 4 aromatic heterocycles. The van der Waals surface area contributed by atoms with Crippen molar-refractivity contribution in [3.05, 3.63) is 52.8 Å². The molecule has 0 aliphatic heterocycles. The van der Waals surface area contributed by atoms with Crippen molar-refractivity contribution in [2.75, 3.05) is 11.9 Å². The summed E-state index contributed by atoms with van der Waals surface area (Å²) in [6, 6.07) is 2.08. The number of H-pyrrole nitrogens is 1. The molecule has 2 N–H and O–H groups in total. The Kier molecular flexibility index (Phi) is 4.30. The van der Waals surface area contributed by atoms with Crippen LogP contribution in [0.15, 0.2) is 47.1 Å². The van der Waals surface area contributed by atoms with Crippen molar-refractivity contribution in [2.24, 2.45) is 0 Å². The zero-order valence-corrected chi connectivity index (χ0v) is 14.3. The van der Waals surface area contributed by atoms with Crippen molar-refractivity contribution >= 4 is 28.6 Å². The molecule has 0 aliphatic rings. The fraction of sp³-hybridized carbons (Fsp3) is 0.125. The Labute approximate surface area is 146 Å². The van der Waals surface area contributed by atoms with E-state index < -0.39 is 0 Å². The number of rotatable bonds is 6. The van der Waals surface area contributed by atoms with E-state index in [0.717, 1.165) is 40.5 Å². The molecule has 0 aromatic carbocycles. The van der Waals surface area contributed by atoms with Gasteiger partial charge in [-0.25, -0.2) is 19.9 Å². The molecular weight excluding hydrogens is 340 g/mol. The second-order valence-electron chi connectivity index (χ2n) is 5.06. The zero-order chi connectivity index (χ0) is 16.2. The highest BCUT2D eigenvalue weighted by Crippen LogP contribution is 2.32. The third kappa shape index (κ3) is 3.19. The number of hydrogen-bond donors (Lipinski definition) is 2. The number of thiazole rings is 1. The van der Waals surface area contributed by atoms with Crippen LogP contribution in [0.4, 0.5) is 5.95 Å². The van der Waals surface area contributed by atoms with Crippen LogP contribution in [-0.2, 0) is 6.42 Å². The van der Waals surface area contributed by atoms with Crippen LogP contribution in [0.1, 0.15) is 5.69 Å². The number of aromatic nitrogens is 5. The van der Waals surface area contributed by atoms with Crippen LogP contribution >= 0.6 is 22.7 Å². The topological polar surface area (TPSA) is 79.4 Å². The molecule has 4 heterocycles. The Morgan fingerprint density at radius 2 is 2.17 bits per heavy atom. The van der Waals surface area contributed by atoms with Crippen molar-refractivity contribution in [1.29, 1.82) is 0 Å². The Morgan fingerprint density at radius 1 is 1.17 bits per heavy atom. The second kappa shape index (κ2) is 6.90. The van der Waals surface area contributed by atoms with Gasteiger partial charge in [0.2, 0.25) is 5.95 Å². The number of thiophene rings is 1. The summed E-state index contributed by atoms with van der Waals surface area (Å²) in [6.07, 6.45) is 8.00. The van der Waals surface area contributed by atoms with Gasteiger partial charge in [0.05, 0.1) is 6.33 Å². The minimum atomic E-state index is 0.610. The molecule has 0 amide bonds.